The Kier molecular flexibility index (Phi) is 5.30. The molecule has 16 heavy (non-hydrogen) atoms. The van der Waals surface area contributed by atoms with E-state index >= 15 is 0 Å². The number of carbonyl (C=O) groups excluding carboxylic acids is 1. The van der Waals surface area contributed by atoms with Crippen molar-refractivity contribution < 1.29 is 9.53 Å². The van der Waals surface area contributed by atoms with Gasteiger partial charge in [-0.25, -0.2) is 4.79 Å². The minimum absolute atomic E-state index is 0.00875. The van der Waals surface area contributed by atoms with E-state index < -0.39 is 5.97 Å². The highest BCUT2D eigenvalue weighted by molar-refractivity contribution is 9.11. The minimum atomic E-state index is -0.548. The van der Waals surface area contributed by atoms with Crippen molar-refractivity contribution in [1.82, 2.24) is 4.98 Å². The Hall–Kier alpha value is -0.530. The van der Waals surface area contributed by atoms with Gasteiger partial charge in [0.25, 0.3) is 0 Å². The van der Waals surface area contributed by atoms with Crippen LogP contribution in [0.25, 0.3) is 0 Å². The van der Waals surface area contributed by atoms with Gasteiger partial charge >= 0.3 is 5.97 Å². The van der Waals surface area contributed by atoms with Crippen molar-refractivity contribution in [3.05, 3.63) is 21.3 Å². The van der Waals surface area contributed by atoms with Gasteiger partial charge in [0.05, 0.1) is 21.2 Å². The van der Waals surface area contributed by atoms with Crippen LogP contribution in [0.15, 0.2) is 21.3 Å². The minimum Gasteiger partial charge on any atom is -0.461 e. The molecule has 1 rings (SSSR count). The van der Waals surface area contributed by atoms with Crippen LogP contribution < -0.4 is 5.32 Å². The summed E-state index contributed by atoms with van der Waals surface area (Å²) in [7, 11) is 0. The van der Waals surface area contributed by atoms with Crippen LogP contribution in [-0.2, 0) is 9.53 Å². The van der Waals surface area contributed by atoms with Gasteiger partial charge in [-0.05, 0) is 38.8 Å². The van der Waals surface area contributed by atoms with Crippen LogP contribution in [0.2, 0.25) is 0 Å². The Morgan fingerprint density at radius 3 is 2.56 bits per heavy atom. The van der Waals surface area contributed by atoms with Crippen LogP contribution in [0.4, 0.5) is 5.69 Å². The number of esters is 1. The number of ether oxygens (including phenoxy) is 1. The molecule has 0 unspecified atom stereocenters. The average Bonchev–Trinajstić information content (AvgIpc) is 2.23. The molecule has 0 aliphatic rings. The molecule has 0 spiro atoms. The number of thiocarbonyl (C=S) groups is 1. The van der Waals surface area contributed by atoms with Crippen molar-refractivity contribution in [2.24, 2.45) is 0 Å². The summed E-state index contributed by atoms with van der Waals surface area (Å²) in [6, 6.07) is 0. The Balaban J connectivity index is 2.81. The van der Waals surface area contributed by atoms with Crippen molar-refractivity contribution in [3.63, 3.8) is 0 Å². The van der Waals surface area contributed by atoms with Gasteiger partial charge < -0.3 is 10.1 Å². The lowest BCUT2D eigenvalue weighted by Gasteiger charge is -2.10. The zero-order valence-electron chi connectivity index (χ0n) is 8.29. The third-order valence-electron chi connectivity index (χ3n) is 1.55. The molecule has 7 heteroatoms. The largest absolute Gasteiger partial charge is 0.461 e. The zero-order chi connectivity index (χ0) is 12.1. The van der Waals surface area contributed by atoms with Crippen molar-refractivity contribution in [2.45, 2.75) is 6.92 Å². The summed E-state index contributed by atoms with van der Waals surface area (Å²) in [6.07, 6.45) is 3.20. The molecular formula is C9H8Br2N2O2S. The molecule has 4 nitrogen and oxygen atoms in total. The van der Waals surface area contributed by atoms with E-state index in [0.717, 1.165) is 0 Å². The van der Waals surface area contributed by atoms with Gasteiger partial charge in [-0.15, -0.1) is 0 Å². The predicted octanol–water partition coefficient (Wildman–Crippen LogP) is 2.91. The molecule has 1 aromatic rings. The van der Waals surface area contributed by atoms with E-state index in [1.165, 1.54) is 0 Å². The van der Waals surface area contributed by atoms with Crippen molar-refractivity contribution in [2.75, 3.05) is 11.9 Å². The molecule has 86 valence electrons. The Morgan fingerprint density at radius 1 is 1.50 bits per heavy atom. The third kappa shape index (κ3) is 3.50. The predicted molar refractivity (Wildman–Crippen MR) is 72.5 cm³/mol. The van der Waals surface area contributed by atoms with Crippen molar-refractivity contribution in [3.8, 4) is 0 Å². The van der Waals surface area contributed by atoms with E-state index in [1.54, 1.807) is 19.3 Å². The third-order valence-corrected chi connectivity index (χ3v) is 3.02. The highest BCUT2D eigenvalue weighted by Crippen LogP contribution is 2.29. The number of nitrogens with one attached hydrogen (secondary N) is 1. The van der Waals surface area contributed by atoms with Gasteiger partial charge in [-0.3, -0.25) is 4.98 Å². The number of aromatic nitrogens is 1. The lowest BCUT2D eigenvalue weighted by Crippen LogP contribution is -2.23. The summed E-state index contributed by atoms with van der Waals surface area (Å²) in [6.45, 7) is 2.01. The monoisotopic (exact) mass is 366 g/mol. The lowest BCUT2D eigenvalue weighted by molar-refractivity contribution is -0.134. The van der Waals surface area contributed by atoms with Gasteiger partial charge in [0.15, 0.2) is 4.99 Å². The highest BCUT2D eigenvalue weighted by atomic mass is 79.9. The molecule has 0 saturated carbocycles. The van der Waals surface area contributed by atoms with Crippen LogP contribution in [0.5, 0.6) is 0 Å². The number of pyridine rings is 1. The van der Waals surface area contributed by atoms with Gasteiger partial charge in [0.2, 0.25) is 0 Å². The molecule has 0 aliphatic heterocycles. The first-order valence-corrected chi connectivity index (χ1v) is 6.32. The van der Waals surface area contributed by atoms with Crippen molar-refractivity contribution >= 4 is 60.7 Å². The van der Waals surface area contributed by atoms with E-state index in [-0.39, 0.29) is 4.99 Å². The Bertz CT molecular complexity index is 406. The van der Waals surface area contributed by atoms with Gasteiger partial charge in [0, 0.05) is 12.4 Å². The fraction of sp³-hybridized carbons (Fsp3) is 0.222. The second-order valence-electron chi connectivity index (χ2n) is 2.65. The van der Waals surface area contributed by atoms with Gasteiger partial charge in [-0.2, -0.15) is 0 Å². The molecule has 1 aromatic heterocycles. The number of rotatable bonds is 2. The SMILES string of the molecule is CCOC(=O)C(=S)Nc1c(Br)cncc1Br. The molecule has 1 heterocycles. The molecule has 0 fully saturated rings. The summed E-state index contributed by atoms with van der Waals surface area (Å²) in [5.41, 5.74) is 0.646. The maximum absolute atomic E-state index is 11.3. The maximum Gasteiger partial charge on any atom is 0.366 e. The molecular weight excluding hydrogens is 360 g/mol. The number of hydrogen-bond acceptors (Lipinski definition) is 4. The molecule has 1 N–H and O–H groups in total. The highest BCUT2D eigenvalue weighted by Gasteiger charge is 2.13. The summed E-state index contributed by atoms with van der Waals surface area (Å²) in [5.74, 6) is -0.548. The first-order valence-electron chi connectivity index (χ1n) is 4.33. The number of carbonyl (C=O) groups is 1. The molecule has 0 atom stereocenters. The summed E-state index contributed by atoms with van der Waals surface area (Å²) in [4.78, 5) is 15.2. The molecule has 0 saturated heterocycles. The van der Waals surface area contributed by atoms with Gasteiger partial charge in [0.1, 0.15) is 0 Å². The summed E-state index contributed by atoms with van der Waals surface area (Å²) < 4.78 is 6.17. The van der Waals surface area contributed by atoms with Crippen LogP contribution in [0.3, 0.4) is 0 Å². The smallest absolute Gasteiger partial charge is 0.366 e. The Morgan fingerprint density at radius 2 is 2.06 bits per heavy atom. The second-order valence-corrected chi connectivity index (χ2v) is 4.77. The molecule has 0 amide bonds. The van der Waals surface area contributed by atoms with E-state index in [4.69, 9.17) is 17.0 Å². The summed E-state index contributed by atoms with van der Waals surface area (Å²) >= 11 is 11.5. The molecule has 0 aromatic carbocycles. The fourth-order valence-corrected chi connectivity index (χ4v) is 2.18. The van der Waals surface area contributed by atoms with E-state index in [0.29, 0.717) is 21.2 Å². The van der Waals surface area contributed by atoms with Crippen LogP contribution in [-0.4, -0.2) is 22.5 Å². The standard InChI is InChI=1S/C9H8Br2N2O2S/c1-2-15-9(14)8(16)13-7-5(10)3-12-4-6(7)11/h3-4H,2H2,1H3,(H,12,13,16). The normalized spacial score (nSPS) is 9.69. The molecule has 0 bridgehead atoms. The number of anilines is 1. The van der Waals surface area contributed by atoms with E-state index in [2.05, 4.69) is 42.2 Å². The molecule has 0 aliphatic carbocycles. The number of halogens is 2. The lowest BCUT2D eigenvalue weighted by atomic mass is 10.4. The first kappa shape index (κ1) is 13.5. The van der Waals surface area contributed by atoms with E-state index in [1.807, 2.05) is 0 Å². The molecule has 0 radical (unpaired) electrons. The van der Waals surface area contributed by atoms with Crippen LogP contribution >= 0.6 is 44.1 Å². The van der Waals surface area contributed by atoms with Crippen molar-refractivity contribution in [1.29, 1.82) is 0 Å². The van der Waals surface area contributed by atoms with E-state index in [9.17, 15) is 4.79 Å². The Labute approximate surface area is 115 Å². The quantitative estimate of drug-likeness (QED) is 0.643. The number of hydrogen-bond donors (Lipinski definition) is 1. The van der Waals surface area contributed by atoms with Crippen LogP contribution in [0.1, 0.15) is 6.92 Å². The first-order chi connectivity index (χ1) is 7.56. The van der Waals surface area contributed by atoms with Crippen LogP contribution in [0, 0.1) is 0 Å². The fourth-order valence-electron chi connectivity index (χ4n) is 0.892. The average molecular weight is 368 g/mol. The summed E-state index contributed by atoms with van der Waals surface area (Å²) in [5, 5.41) is 2.79. The van der Waals surface area contributed by atoms with Gasteiger partial charge in [-0.1, -0.05) is 12.2 Å². The maximum atomic E-state index is 11.3. The zero-order valence-corrected chi connectivity index (χ0v) is 12.3. The number of nitrogens with zero attached hydrogens (tertiary/aromatic N) is 1. The second kappa shape index (κ2) is 6.27. The topological polar surface area (TPSA) is 51.2 Å².